The molecule has 0 unspecified atom stereocenters. The summed E-state index contributed by atoms with van der Waals surface area (Å²) in [4.78, 5) is 11.9. The molecule has 0 aliphatic carbocycles. The summed E-state index contributed by atoms with van der Waals surface area (Å²) < 4.78 is 60.4. The van der Waals surface area contributed by atoms with Crippen LogP contribution < -0.4 is 10.5 Å². The number of rotatable bonds is 6. The molecule has 0 bridgehead atoms. The van der Waals surface area contributed by atoms with E-state index in [0.717, 1.165) is 24.3 Å². The van der Waals surface area contributed by atoms with Crippen LogP contribution in [0.2, 0.25) is 0 Å². The van der Waals surface area contributed by atoms with E-state index in [9.17, 15) is 26.0 Å². The highest BCUT2D eigenvalue weighted by Crippen LogP contribution is 2.24. The number of sulfone groups is 1. The highest BCUT2D eigenvalue weighted by Gasteiger charge is 2.18. The smallest absolute Gasteiger partial charge is 0.238 e. The van der Waals surface area contributed by atoms with Gasteiger partial charge in [0.25, 0.3) is 0 Å². The number of aryl methyl sites for hydroxylation is 1. The third-order valence-electron chi connectivity index (χ3n) is 4.01. The number of hydrogen-bond donors (Lipinski definition) is 2. The number of primary sulfonamides is 1. The van der Waals surface area contributed by atoms with Crippen molar-refractivity contribution in [1.29, 1.82) is 0 Å². The van der Waals surface area contributed by atoms with Crippen molar-refractivity contribution in [3.05, 3.63) is 53.3 Å². The fourth-order valence-corrected chi connectivity index (χ4v) is 4.18. The zero-order valence-electron chi connectivity index (χ0n) is 14.7. The second-order valence-electron chi connectivity index (χ2n) is 6.03. The molecule has 0 heterocycles. The SMILES string of the molecule is Cc1cc(S(N)(=O)=O)cc(NC(=O)CCS(=O)(=O)c2ccc(F)cc2)c1C. The van der Waals surface area contributed by atoms with Crippen LogP contribution in [-0.4, -0.2) is 28.5 Å². The minimum Gasteiger partial charge on any atom is -0.326 e. The number of halogens is 1. The highest BCUT2D eigenvalue weighted by molar-refractivity contribution is 7.91. The van der Waals surface area contributed by atoms with Gasteiger partial charge in [0.15, 0.2) is 9.84 Å². The Morgan fingerprint density at radius 3 is 2.19 bits per heavy atom. The van der Waals surface area contributed by atoms with E-state index in [-0.39, 0.29) is 21.9 Å². The van der Waals surface area contributed by atoms with Gasteiger partial charge in [0, 0.05) is 12.1 Å². The summed E-state index contributed by atoms with van der Waals surface area (Å²) in [5.41, 5.74) is 1.48. The second kappa shape index (κ2) is 7.75. The summed E-state index contributed by atoms with van der Waals surface area (Å²) in [6.07, 6.45) is -0.349. The van der Waals surface area contributed by atoms with E-state index in [1.807, 2.05) is 0 Å². The standard InChI is InChI=1S/C17H19FN2O5S2/c1-11-9-15(27(19,24)25)10-16(12(11)2)20-17(21)7-8-26(22,23)14-5-3-13(18)4-6-14/h3-6,9-10H,7-8H2,1-2H3,(H,20,21)(H2,19,24,25). The summed E-state index contributed by atoms with van der Waals surface area (Å²) in [5, 5.41) is 7.63. The van der Waals surface area contributed by atoms with Crippen LogP contribution in [0.15, 0.2) is 46.2 Å². The Morgan fingerprint density at radius 2 is 1.63 bits per heavy atom. The van der Waals surface area contributed by atoms with Gasteiger partial charge in [0.1, 0.15) is 5.82 Å². The maximum atomic E-state index is 12.9. The van der Waals surface area contributed by atoms with E-state index >= 15 is 0 Å². The molecular formula is C17H19FN2O5S2. The maximum absolute atomic E-state index is 12.9. The Balaban J connectivity index is 2.14. The molecule has 0 aromatic heterocycles. The highest BCUT2D eigenvalue weighted by atomic mass is 32.2. The predicted octanol–water partition coefficient (Wildman–Crippen LogP) is 1.89. The molecule has 10 heteroatoms. The molecule has 0 saturated carbocycles. The quantitative estimate of drug-likeness (QED) is 0.699. The van der Waals surface area contributed by atoms with Crippen molar-refractivity contribution in [2.45, 2.75) is 30.1 Å². The topological polar surface area (TPSA) is 123 Å². The zero-order valence-corrected chi connectivity index (χ0v) is 16.3. The van der Waals surface area contributed by atoms with E-state index in [1.54, 1.807) is 13.8 Å². The molecule has 0 atom stereocenters. The van der Waals surface area contributed by atoms with Crippen LogP contribution in [0.1, 0.15) is 17.5 Å². The van der Waals surface area contributed by atoms with Gasteiger partial charge < -0.3 is 5.32 Å². The number of amides is 1. The molecule has 7 nitrogen and oxygen atoms in total. The van der Waals surface area contributed by atoms with Crippen LogP contribution in [0.3, 0.4) is 0 Å². The van der Waals surface area contributed by atoms with Crippen molar-refractivity contribution >= 4 is 31.5 Å². The number of hydrogen-bond acceptors (Lipinski definition) is 5. The van der Waals surface area contributed by atoms with Crippen molar-refractivity contribution in [1.82, 2.24) is 0 Å². The van der Waals surface area contributed by atoms with E-state index in [2.05, 4.69) is 5.32 Å². The molecule has 3 N–H and O–H groups in total. The summed E-state index contributed by atoms with van der Waals surface area (Å²) in [5.74, 6) is -1.64. The molecule has 2 aromatic carbocycles. The van der Waals surface area contributed by atoms with E-state index in [1.165, 1.54) is 12.1 Å². The molecule has 1 amide bonds. The maximum Gasteiger partial charge on any atom is 0.238 e. The summed E-state index contributed by atoms with van der Waals surface area (Å²) in [7, 11) is -7.71. The van der Waals surface area contributed by atoms with Crippen molar-refractivity contribution in [3.63, 3.8) is 0 Å². The lowest BCUT2D eigenvalue weighted by atomic mass is 10.1. The summed E-state index contributed by atoms with van der Waals surface area (Å²) in [6.45, 7) is 3.35. The molecule has 2 aromatic rings. The molecule has 0 radical (unpaired) electrons. The van der Waals surface area contributed by atoms with Crippen molar-refractivity contribution in [3.8, 4) is 0 Å². The second-order valence-corrected chi connectivity index (χ2v) is 9.70. The van der Waals surface area contributed by atoms with E-state index in [0.29, 0.717) is 11.1 Å². The summed E-state index contributed by atoms with van der Waals surface area (Å²) >= 11 is 0. The lowest BCUT2D eigenvalue weighted by Crippen LogP contribution is -2.19. The Bertz CT molecular complexity index is 1080. The van der Waals surface area contributed by atoms with Crippen LogP contribution in [0.4, 0.5) is 10.1 Å². The van der Waals surface area contributed by atoms with Crippen LogP contribution in [0.5, 0.6) is 0 Å². The summed E-state index contributed by atoms with van der Waals surface area (Å²) in [6, 6.07) is 6.93. The van der Waals surface area contributed by atoms with Gasteiger partial charge in [0.05, 0.1) is 15.5 Å². The predicted molar refractivity (Wildman–Crippen MR) is 99.0 cm³/mol. The van der Waals surface area contributed by atoms with Crippen molar-refractivity contribution in [2.24, 2.45) is 5.14 Å². The first-order chi connectivity index (χ1) is 12.4. The Morgan fingerprint density at radius 1 is 1.04 bits per heavy atom. The van der Waals surface area contributed by atoms with Crippen LogP contribution in [0.25, 0.3) is 0 Å². The lowest BCUT2D eigenvalue weighted by molar-refractivity contribution is -0.115. The largest absolute Gasteiger partial charge is 0.326 e. The van der Waals surface area contributed by atoms with Crippen molar-refractivity contribution in [2.75, 3.05) is 11.1 Å². The first kappa shape index (κ1) is 21.0. The third-order valence-corrected chi connectivity index (χ3v) is 6.64. The number of anilines is 1. The number of carbonyl (C=O) groups is 1. The molecule has 27 heavy (non-hydrogen) atoms. The van der Waals surface area contributed by atoms with E-state index in [4.69, 9.17) is 5.14 Å². The molecule has 0 aliphatic heterocycles. The number of benzene rings is 2. The average Bonchev–Trinajstić information content (AvgIpc) is 2.56. The molecular weight excluding hydrogens is 395 g/mol. The molecule has 2 rings (SSSR count). The van der Waals surface area contributed by atoms with Crippen molar-refractivity contribution < 1.29 is 26.0 Å². The lowest BCUT2D eigenvalue weighted by Gasteiger charge is -2.13. The van der Waals surface area contributed by atoms with Gasteiger partial charge in [-0.2, -0.15) is 0 Å². The van der Waals surface area contributed by atoms with Gasteiger partial charge in [-0.15, -0.1) is 0 Å². The normalized spacial score (nSPS) is 12.0. The Kier molecular flexibility index (Phi) is 6.03. The van der Waals surface area contributed by atoms with E-state index < -0.39 is 37.3 Å². The van der Waals surface area contributed by atoms with Crippen LogP contribution in [-0.2, 0) is 24.7 Å². The number of nitrogens with one attached hydrogen (secondary N) is 1. The first-order valence-corrected chi connectivity index (χ1v) is 11.0. The zero-order chi connectivity index (χ0) is 20.4. The fourth-order valence-electron chi connectivity index (χ4n) is 2.32. The van der Waals surface area contributed by atoms with Gasteiger partial charge in [0.2, 0.25) is 15.9 Å². The number of nitrogens with two attached hydrogens (primary N) is 1. The number of carbonyl (C=O) groups excluding carboxylic acids is 1. The molecule has 0 saturated heterocycles. The van der Waals surface area contributed by atoms with Gasteiger partial charge in [-0.3, -0.25) is 4.79 Å². The minimum atomic E-state index is -3.95. The fraction of sp³-hybridized carbons (Fsp3) is 0.235. The van der Waals surface area contributed by atoms with Gasteiger partial charge >= 0.3 is 0 Å². The third kappa shape index (κ3) is 5.34. The molecule has 0 aliphatic rings. The number of sulfonamides is 1. The van der Waals surface area contributed by atoms with Crippen LogP contribution >= 0.6 is 0 Å². The first-order valence-electron chi connectivity index (χ1n) is 7.82. The Labute approximate surface area is 157 Å². The molecule has 0 spiro atoms. The van der Waals surface area contributed by atoms with Crippen LogP contribution in [0, 0.1) is 19.7 Å². The average molecular weight is 414 g/mol. The van der Waals surface area contributed by atoms with Gasteiger partial charge in [-0.25, -0.2) is 26.4 Å². The van der Waals surface area contributed by atoms with Gasteiger partial charge in [-0.1, -0.05) is 0 Å². The molecule has 0 fully saturated rings. The minimum absolute atomic E-state index is 0.0834. The van der Waals surface area contributed by atoms with Gasteiger partial charge in [-0.05, 0) is 61.4 Å². The Hall–Kier alpha value is -2.30. The monoisotopic (exact) mass is 414 g/mol. The molecule has 146 valence electrons.